The van der Waals surface area contributed by atoms with Gasteiger partial charge in [0, 0.05) is 11.6 Å². The SMILES string of the molecule is C[C@H](NC(N)=NCc1ccc(Cl)cc1)[C@H]1CCCO1. The molecule has 5 heteroatoms. The molecule has 0 spiro atoms. The van der Waals surface area contributed by atoms with Crippen LogP contribution in [0.1, 0.15) is 25.3 Å². The van der Waals surface area contributed by atoms with E-state index in [1.54, 1.807) is 0 Å². The second-order valence-corrected chi connectivity index (χ2v) is 5.25. The van der Waals surface area contributed by atoms with E-state index in [-0.39, 0.29) is 12.1 Å². The van der Waals surface area contributed by atoms with Gasteiger partial charge >= 0.3 is 0 Å². The molecule has 0 unspecified atom stereocenters. The predicted octanol–water partition coefficient (Wildman–Crippen LogP) is 2.31. The highest BCUT2D eigenvalue weighted by Gasteiger charge is 2.22. The number of guanidine groups is 1. The number of aliphatic imine (C=N–C) groups is 1. The summed E-state index contributed by atoms with van der Waals surface area (Å²) in [6.45, 7) is 3.47. The van der Waals surface area contributed by atoms with Gasteiger partial charge < -0.3 is 15.8 Å². The van der Waals surface area contributed by atoms with Crippen LogP contribution in [0.3, 0.4) is 0 Å². The Morgan fingerprint density at radius 1 is 1.53 bits per heavy atom. The van der Waals surface area contributed by atoms with E-state index in [0.717, 1.165) is 30.0 Å². The fraction of sp³-hybridized carbons (Fsp3) is 0.500. The standard InChI is InChI=1S/C14H20ClN3O/c1-10(13-3-2-8-19-13)18-14(16)17-9-11-4-6-12(15)7-5-11/h4-7,10,13H,2-3,8-9H2,1H3,(H3,16,17,18)/t10-,13+/m0/s1. The van der Waals surface area contributed by atoms with E-state index in [4.69, 9.17) is 22.1 Å². The molecule has 2 rings (SSSR count). The van der Waals surface area contributed by atoms with Crippen LogP contribution in [0.5, 0.6) is 0 Å². The van der Waals surface area contributed by atoms with Gasteiger partial charge in [0.2, 0.25) is 0 Å². The van der Waals surface area contributed by atoms with Gasteiger partial charge in [0.05, 0.1) is 18.7 Å². The number of hydrogen-bond acceptors (Lipinski definition) is 2. The van der Waals surface area contributed by atoms with Crippen molar-refractivity contribution in [3.63, 3.8) is 0 Å². The summed E-state index contributed by atoms with van der Waals surface area (Å²) in [5.41, 5.74) is 6.96. The second-order valence-electron chi connectivity index (χ2n) is 4.81. The summed E-state index contributed by atoms with van der Waals surface area (Å²) in [5, 5.41) is 3.91. The van der Waals surface area contributed by atoms with Crippen LogP contribution in [-0.4, -0.2) is 24.7 Å². The molecule has 1 heterocycles. The van der Waals surface area contributed by atoms with Gasteiger partial charge in [-0.2, -0.15) is 0 Å². The van der Waals surface area contributed by atoms with Crippen LogP contribution in [0.25, 0.3) is 0 Å². The number of hydrogen-bond donors (Lipinski definition) is 2. The monoisotopic (exact) mass is 281 g/mol. The molecule has 104 valence electrons. The Labute approximate surface area is 119 Å². The van der Waals surface area contributed by atoms with E-state index in [9.17, 15) is 0 Å². The van der Waals surface area contributed by atoms with Crippen molar-refractivity contribution in [1.82, 2.24) is 5.32 Å². The highest BCUT2D eigenvalue weighted by atomic mass is 35.5. The summed E-state index contributed by atoms with van der Waals surface area (Å²) in [5.74, 6) is 0.456. The quantitative estimate of drug-likeness (QED) is 0.658. The number of nitrogens with zero attached hydrogens (tertiary/aromatic N) is 1. The number of nitrogens with two attached hydrogens (primary N) is 1. The molecule has 1 aromatic rings. The zero-order chi connectivity index (χ0) is 13.7. The lowest BCUT2D eigenvalue weighted by molar-refractivity contribution is 0.0892. The van der Waals surface area contributed by atoms with Crippen molar-refractivity contribution in [1.29, 1.82) is 0 Å². The third-order valence-corrected chi connectivity index (χ3v) is 3.50. The van der Waals surface area contributed by atoms with Crippen LogP contribution in [-0.2, 0) is 11.3 Å². The molecule has 0 bridgehead atoms. The van der Waals surface area contributed by atoms with Crippen LogP contribution in [0.4, 0.5) is 0 Å². The summed E-state index contributed by atoms with van der Waals surface area (Å²) in [7, 11) is 0. The lowest BCUT2D eigenvalue weighted by atomic mass is 10.1. The van der Waals surface area contributed by atoms with E-state index in [2.05, 4.69) is 17.2 Å². The Morgan fingerprint density at radius 3 is 2.89 bits per heavy atom. The van der Waals surface area contributed by atoms with Gasteiger partial charge in [-0.1, -0.05) is 23.7 Å². The summed E-state index contributed by atoms with van der Waals surface area (Å²) in [6.07, 6.45) is 2.45. The molecule has 0 radical (unpaired) electrons. The molecular formula is C14H20ClN3O. The minimum Gasteiger partial charge on any atom is -0.376 e. The highest BCUT2D eigenvalue weighted by molar-refractivity contribution is 6.30. The van der Waals surface area contributed by atoms with E-state index in [0.29, 0.717) is 12.5 Å². The van der Waals surface area contributed by atoms with Gasteiger partial charge in [-0.25, -0.2) is 4.99 Å². The molecule has 0 saturated carbocycles. The van der Waals surface area contributed by atoms with E-state index in [1.807, 2.05) is 24.3 Å². The maximum Gasteiger partial charge on any atom is 0.189 e. The second kappa shape index (κ2) is 6.78. The molecule has 19 heavy (non-hydrogen) atoms. The third-order valence-electron chi connectivity index (χ3n) is 3.24. The topological polar surface area (TPSA) is 59.6 Å². The fourth-order valence-electron chi connectivity index (χ4n) is 2.14. The zero-order valence-electron chi connectivity index (χ0n) is 11.1. The van der Waals surface area contributed by atoms with Gasteiger partial charge in [-0.05, 0) is 37.5 Å². The Morgan fingerprint density at radius 2 is 2.26 bits per heavy atom. The Bertz CT molecular complexity index is 427. The molecule has 0 amide bonds. The summed E-state index contributed by atoms with van der Waals surface area (Å²) in [6, 6.07) is 7.79. The van der Waals surface area contributed by atoms with E-state index in [1.165, 1.54) is 0 Å². The molecule has 1 aromatic carbocycles. The first kappa shape index (κ1) is 14.2. The van der Waals surface area contributed by atoms with Crippen molar-refractivity contribution in [3.8, 4) is 0 Å². The van der Waals surface area contributed by atoms with Crippen molar-refractivity contribution in [2.24, 2.45) is 10.7 Å². The van der Waals surface area contributed by atoms with E-state index < -0.39 is 0 Å². The maximum absolute atomic E-state index is 5.88. The Hall–Kier alpha value is -1.26. The molecule has 1 saturated heterocycles. The number of nitrogens with one attached hydrogen (secondary N) is 1. The van der Waals surface area contributed by atoms with Crippen LogP contribution >= 0.6 is 11.6 Å². The summed E-state index contributed by atoms with van der Waals surface area (Å²) >= 11 is 5.83. The van der Waals surface area contributed by atoms with Crippen molar-refractivity contribution < 1.29 is 4.74 Å². The normalized spacial score (nSPS) is 21.4. The van der Waals surface area contributed by atoms with Gasteiger partial charge in [0.25, 0.3) is 0 Å². The average Bonchev–Trinajstić information content (AvgIpc) is 2.92. The molecule has 4 nitrogen and oxygen atoms in total. The fourth-order valence-corrected chi connectivity index (χ4v) is 2.26. The first-order valence-corrected chi connectivity index (χ1v) is 6.95. The Kier molecular flexibility index (Phi) is 5.05. The minimum atomic E-state index is 0.191. The lowest BCUT2D eigenvalue weighted by Gasteiger charge is -2.20. The third kappa shape index (κ3) is 4.40. The molecule has 1 aliphatic rings. The predicted molar refractivity (Wildman–Crippen MR) is 78.4 cm³/mol. The molecule has 3 N–H and O–H groups in total. The maximum atomic E-state index is 5.88. The molecule has 0 aromatic heterocycles. The van der Waals surface area contributed by atoms with Crippen LogP contribution < -0.4 is 11.1 Å². The summed E-state index contributed by atoms with van der Waals surface area (Å²) < 4.78 is 5.60. The number of rotatable bonds is 4. The van der Waals surface area contributed by atoms with Gasteiger partial charge in [-0.3, -0.25) is 0 Å². The van der Waals surface area contributed by atoms with Crippen molar-refractivity contribution in [2.75, 3.05) is 6.61 Å². The largest absolute Gasteiger partial charge is 0.376 e. The summed E-state index contributed by atoms with van der Waals surface area (Å²) in [4.78, 5) is 4.32. The van der Waals surface area contributed by atoms with Gasteiger partial charge in [0.15, 0.2) is 5.96 Å². The highest BCUT2D eigenvalue weighted by Crippen LogP contribution is 2.15. The number of halogens is 1. The zero-order valence-corrected chi connectivity index (χ0v) is 11.9. The van der Waals surface area contributed by atoms with Crippen molar-refractivity contribution in [2.45, 2.75) is 38.5 Å². The smallest absolute Gasteiger partial charge is 0.189 e. The van der Waals surface area contributed by atoms with Crippen molar-refractivity contribution in [3.05, 3.63) is 34.9 Å². The average molecular weight is 282 g/mol. The molecule has 1 fully saturated rings. The molecular weight excluding hydrogens is 262 g/mol. The van der Waals surface area contributed by atoms with E-state index >= 15 is 0 Å². The van der Waals surface area contributed by atoms with Crippen molar-refractivity contribution >= 4 is 17.6 Å². The minimum absolute atomic E-state index is 0.191. The molecule has 2 atom stereocenters. The Balaban J connectivity index is 1.83. The number of ether oxygens (including phenoxy) is 1. The van der Waals surface area contributed by atoms with Gasteiger partial charge in [-0.15, -0.1) is 0 Å². The molecule has 1 aliphatic heterocycles. The molecule has 0 aliphatic carbocycles. The van der Waals surface area contributed by atoms with Crippen LogP contribution in [0, 0.1) is 0 Å². The first-order valence-electron chi connectivity index (χ1n) is 6.57. The lowest BCUT2D eigenvalue weighted by Crippen LogP contribution is -2.44. The number of benzene rings is 1. The first-order chi connectivity index (χ1) is 9.15. The van der Waals surface area contributed by atoms with Gasteiger partial charge in [0.1, 0.15) is 0 Å². The van der Waals surface area contributed by atoms with Crippen LogP contribution in [0.15, 0.2) is 29.3 Å². The van der Waals surface area contributed by atoms with Crippen LogP contribution in [0.2, 0.25) is 5.02 Å².